The van der Waals surface area contributed by atoms with Crippen LogP contribution in [0.3, 0.4) is 0 Å². The molecule has 1 aliphatic carbocycles. The predicted octanol–water partition coefficient (Wildman–Crippen LogP) is 1.87. The van der Waals surface area contributed by atoms with Gasteiger partial charge in [0.2, 0.25) is 0 Å². The van der Waals surface area contributed by atoms with Crippen molar-refractivity contribution >= 4 is 43.7 Å². The summed E-state index contributed by atoms with van der Waals surface area (Å²) in [6.45, 7) is 0.333. The number of hydrogen-bond donors (Lipinski definition) is 1. The van der Waals surface area contributed by atoms with Crippen LogP contribution in [0.4, 0.5) is 4.79 Å². The summed E-state index contributed by atoms with van der Waals surface area (Å²) < 4.78 is 1.22. The fourth-order valence-corrected chi connectivity index (χ4v) is 3.00. The second-order valence-electron chi connectivity index (χ2n) is 4.14. The molecule has 0 saturated carbocycles. The van der Waals surface area contributed by atoms with E-state index in [9.17, 15) is 14.8 Å². The lowest BCUT2D eigenvalue weighted by Gasteiger charge is -2.27. The monoisotopic (exact) mass is 406 g/mol. The van der Waals surface area contributed by atoms with E-state index in [-0.39, 0.29) is 11.3 Å². The number of allylic oxidation sites excluding steroid dienone is 5. The lowest BCUT2D eigenvalue weighted by atomic mass is 10.0. The van der Waals surface area contributed by atoms with E-state index in [1.807, 2.05) is 0 Å². The number of hydroxylamine groups is 2. The maximum Gasteiger partial charge on any atom is 0.348 e. The molecular formula is C12H12Br2N2O4. The first-order valence-corrected chi connectivity index (χ1v) is 6.92. The van der Waals surface area contributed by atoms with Crippen molar-refractivity contribution in [2.45, 2.75) is 0 Å². The van der Waals surface area contributed by atoms with E-state index in [1.165, 1.54) is 11.1 Å². The van der Waals surface area contributed by atoms with Crippen molar-refractivity contribution in [3.05, 3.63) is 44.5 Å². The minimum absolute atomic E-state index is 0. The third-order valence-electron chi connectivity index (χ3n) is 2.61. The molecule has 0 unspecified atom stereocenters. The summed E-state index contributed by atoms with van der Waals surface area (Å²) in [5.74, 6) is -0.145. The number of carbonyl (C=O) groups is 2. The van der Waals surface area contributed by atoms with Crippen LogP contribution in [0.15, 0.2) is 44.5 Å². The molecule has 108 valence electrons. The Morgan fingerprint density at radius 1 is 1.30 bits per heavy atom. The fraction of sp³-hybridized carbons (Fsp3) is 0.167. The highest BCUT2D eigenvalue weighted by molar-refractivity contribution is 9.12. The Hall–Kier alpha value is -1.22. The first kappa shape index (κ1) is 16.8. The highest BCUT2D eigenvalue weighted by atomic mass is 79.9. The molecule has 6 nitrogen and oxygen atoms in total. The van der Waals surface area contributed by atoms with Crippen LogP contribution < -0.4 is 0 Å². The number of likely N-dealkylation sites (N-methyl/N-ethyl adjacent to an activating group) is 1. The normalized spacial score (nSPS) is 21.4. The first-order valence-electron chi connectivity index (χ1n) is 5.33. The molecule has 0 aromatic carbocycles. The van der Waals surface area contributed by atoms with Crippen molar-refractivity contribution in [2.75, 3.05) is 13.6 Å². The smallest absolute Gasteiger partial charge is 0.348 e. The molecule has 1 aliphatic heterocycles. The summed E-state index contributed by atoms with van der Waals surface area (Å²) in [6.07, 6.45) is 6.30. The van der Waals surface area contributed by atoms with Crippen molar-refractivity contribution < 1.29 is 20.3 Å². The zero-order valence-electron chi connectivity index (χ0n) is 10.4. The van der Waals surface area contributed by atoms with Crippen molar-refractivity contribution in [1.82, 2.24) is 9.96 Å². The number of halogens is 2. The molecule has 0 aromatic rings. The number of nitrogens with zero attached hydrogens (tertiary/aromatic N) is 2. The van der Waals surface area contributed by atoms with E-state index in [0.717, 1.165) is 4.48 Å². The molecule has 0 aromatic heterocycles. The van der Waals surface area contributed by atoms with Gasteiger partial charge >= 0.3 is 6.03 Å². The maximum atomic E-state index is 11.9. The van der Waals surface area contributed by atoms with Crippen LogP contribution in [0.25, 0.3) is 0 Å². The molecule has 0 fully saturated rings. The minimum Gasteiger partial charge on any atom is -0.412 e. The van der Waals surface area contributed by atoms with Crippen LogP contribution in [0.1, 0.15) is 0 Å². The first-order chi connectivity index (χ1) is 8.88. The van der Waals surface area contributed by atoms with Crippen molar-refractivity contribution in [3.8, 4) is 0 Å². The van der Waals surface area contributed by atoms with Crippen LogP contribution >= 0.6 is 31.9 Å². The highest BCUT2D eigenvalue weighted by Crippen LogP contribution is 2.27. The molecule has 0 radical (unpaired) electrons. The maximum absolute atomic E-state index is 11.9. The second-order valence-corrected chi connectivity index (χ2v) is 5.91. The van der Waals surface area contributed by atoms with Gasteiger partial charge in [-0.3, -0.25) is 10.0 Å². The molecule has 3 N–H and O–H groups in total. The summed E-state index contributed by atoms with van der Waals surface area (Å²) in [5.41, 5.74) is 1.13. The van der Waals surface area contributed by atoms with E-state index in [2.05, 4.69) is 31.9 Å². The van der Waals surface area contributed by atoms with Gasteiger partial charge in [-0.25, -0.2) is 4.79 Å². The van der Waals surface area contributed by atoms with Gasteiger partial charge in [-0.15, -0.1) is 0 Å². The number of amides is 2. The molecule has 2 aliphatic rings. The van der Waals surface area contributed by atoms with Crippen LogP contribution in [0.2, 0.25) is 0 Å². The Labute approximate surface area is 132 Å². The average Bonchev–Trinajstić information content (AvgIpc) is 2.32. The van der Waals surface area contributed by atoms with E-state index in [1.54, 1.807) is 25.3 Å². The lowest BCUT2D eigenvalue weighted by Crippen LogP contribution is -2.41. The largest absolute Gasteiger partial charge is 0.412 e. The van der Waals surface area contributed by atoms with Gasteiger partial charge in [0.15, 0.2) is 5.78 Å². The van der Waals surface area contributed by atoms with E-state index in [0.29, 0.717) is 27.2 Å². The van der Waals surface area contributed by atoms with Gasteiger partial charge in [0.05, 0.1) is 4.48 Å². The number of hydrogen-bond acceptors (Lipinski definition) is 3. The van der Waals surface area contributed by atoms with Crippen LogP contribution in [-0.4, -0.2) is 46.1 Å². The summed E-state index contributed by atoms with van der Waals surface area (Å²) >= 11 is 6.50. The van der Waals surface area contributed by atoms with Gasteiger partial charge < -0.3 is 10.4 Å². The van der Waals surface area contributed by atoms with Gasteiger partial charge in [-0.2, -0.15) is 5.06 Å². The van der Waals surface area contributed by atoms with Gasteiger partial charge in [-0.05, 0) is 39.7 Å². The fourth-order valence-electron chi connectivity index (χ4n) is 1.74. The Kier molecular flexibility index (Phi) is 5.46. The molecule has 20 heavy (non-hydrogen) atoms. The topological polar surface area (TPSA) is 92.3 Å². The molecule has 0 saturated heterocycles. The van der Waals surface area contributed by atoms with Crippen LogP contribution in [-0.2, 0) is 4.79 Å². The Morgan fingerprint density at radius 2 is 1.95 bits per heavy atom. The number of ketones is 1. The van der Waals surface area contributed by atoms with Crippen molar-refractivity contribution in [3.63, 3.8) is 0 Å². The zero-order valence-corrected chi connectivity index (χ0v) is 13.6. The van der Waals surface area contributed by atoms with E-state index in [4.69, 9.17) is 0 Å². The summed E-state index contributed by atoms with van der Waals surface area (Å²) in [7, 11) is 1.57. The van der Waals surface area contributed by atoms with Gasteiger partial charge in [-0.1, -0.05) is 15.9 Å². The number of urea groups is 1. The standard InChI is InChI=1S/C12H10Br2N2O3.H2O/c1-15-5-7(6-16(19)12(15)18)2-8-3-9(13)4-10(14)11(8)17;/h2-4,6,19H,5H2,1H3;1H2. The summed E-state index contributed by atoms with van der Waals surface area (Å²) in [4.78, 5) is 24.7. The number of Topliss-reactive ketones (excluding diaryl/α,β-unsaturated/α-hetero) is 1. The predicted molar refractivity (Wildman–Crippen MR) is 80.5 cm³/mol. The van der Waals surface area contributed by atoms with Gasteiger partial charge in [0.1, 0.15) is 0 Å². The Morgan fingerprint density at radius 3 is 2.55 bits per heavy atom. The molecule has 0 spiro atoms. The minimum atomic E-state index is -0.505. The van der Waals surface area contributed by atoms with Crippen molar-refractivity contribution in [2.24, 2.45) is 0 Å². The second kappa shape index (κ2) is 6.49. The van der Waals surface area contributed by atoms with E-state index < -0.39 is 6.03 Å². The Bertz CT molecular complexity index is 578. The van der Waals surface area contributed by atoms with Gasteiger partial charge in [0, 0.05) is 29.8 Å². The van der Waals surface area contributed by atoms with Gasteiger partial charge in [0.25, 0.3) is 0 Å². The summed E-state index contributed by atoms with van der Waals surface area (Å²) in [5, 5.41) is 9.93. The number of carbonyl (C=O) groups excluding carboxylic acids is 2. The number of rotatable bonds is 1. The average molecular weight is 408 g/mol. The third-order valence-corrected chi connectivity index (χ3v) is 3.66. The molecule has 2 amide bonds. The Balaban J connectivity index is 0.00000200. The van der Waals surface area contributed by atoms with E-state index >= 15 is 0 Å². The summed E-state index contributed by atoms with van der Waals surface area (Å²) in [6, 6.07) is -0.505. The quantitative estimate of drug-likeness (QED) is 0.531. The highest BCUT2D eigenvalue weighted by Gasteiger charge is 2.23. The molecule has 8 heteroatoms. The van der Waals surface area contributed by atoms with Crippen molar-refractivity contribution in [1.29, 1.82) is 0 Å². The molecular weight excluding hydrogens is 396 g/mol. The SMILES string of the molecule is CN1CC(C=C2C=C(Br)C=C(Br)C2=O)=CN(O)C1=O.O. The molecule has 2 rings (SSSR count). The van der Waals surface area contributed by atoms with Crippen LogP contribution in [0, 0.1) is 0 Å². The molecule has 1 heterocycles. The molecule has 0 atom stereocenters. The zero-order chi connectivity index (χ0) is 14.2. The third kappa shape index (κ3) is 3.45. The molecule has 0 bridgehead atoms. The lowest BCUT2D eigenvalue weighted by molar-refractivity contribution is -0.111. The van der Waals surface area contributed by atoms with Crippen LogP contribution in [0.5, 0.6) is 0 Å².